The summed E-state index contributed by atoms with van der Waals surface area (Å²) < 4.78 is 43.0. The number of allylic oxidation sites excluding steroid dienone is 4. The van der Waals surface area contributed by atoms with Gasteiger partial charge in [-0.3, -0.25) is 0 Å². The maximum absolute atomic E-state index is 12.3. The highest BCUT2D eigenvalue weighted by molar-refractivity contribution is 5.57. The summed E-state index contributed by atoms with van der Waals surface area (Å²) in [6.07, 6.45) is 7.17. The van der Waals surface area contributed by atoms with Crippen LogP contribution in [-0.2, 0) is 9.53 Å². The number of aliphatic hydroxyl groups is 1. The van der Waals surface area contributed by atoms with Crippen molar-refractivity contribution in [2.75, 3.05) is 6.61 Å². The van der Waals surface area contributed by atoms with Crippen molar-refractivity contribution in [3.05, 3.63) is 176 Å². The second kappa shape index (κ2) is 18.0. The Bertz CT molecular complexity index is 1960. The number of aliphatic hydroxyl groups excluding tert-OH is 1. The standard InChI is InChI=1S/C45H40O9/c46-30-40(50-33-16-6-1-2-7-17-33)41(31-48-32-14-8-3-9-15-32)51-38-26-22-36(23-27-38)49-37-24-28-39(29-25-37)53-44-42(47)43(52-34-18-10-4-11-19-34)45(44)54-35-20-12-5-13-21-35/h1-30,33,40-45,47H,31H2. The van der Waals surface area contributed by atoms with Crippen LogP contribution in [0.4, 0.5) is 0 Å². The Morgan fingerprint density at radius 2 is 0.963 bits per heavy atom. The lowest BCUT2D eigenvalue weighted by atomic mass is 9.83. The summed E-state index contributed by atoms with van der Waals surface area (Å²) in [4.78, 5) is 12.3. The molecule has 1 N–H and O–H groups in total. The first-order valence-corrected chi connectivity index (χ1v) is 17.7. The fraction of sp³-hybridized carbons (Fsp3) is 0.178. The maximum Gasteiger partial charge on any atom is 0.177 e. The average molecular weight is 725 g/mol. The van der Waals surface area contributed by atoms with E-state index in [4.69, 9.17) is 33.2 Å². The molecule has 0 spiro atoms. The molecule has 7 rings (SSSR count). The molecule has 0 saturated heterocycles. The van der Waals surface area contributed by atoms with Crippen molar-refractivity contribution >= 4 is 6.29 Å². The number of aldehydes is 1. The highest BCUT2D eigenvalue weighted by atomic mass is 16.6. The van der Waals surface area contributed by atoms with Gasteiger partial charge in [0, 0.05) is 0 Å². The number of carbonyl (C=O) groups excluding carboxylic acids is 1. The first kappa shape index (κ1) is 36.1. The van der Waals surface area contributed by atoms with Crippen molar-refractivity contribution in [2.45, 2.75) is 42.7 Å². The smallest absolute Gasteiger partial charge is 0.177 e. The van der Waals surface area contributed by atoms with Crippen LogP contribution in [0.5, 0.6) is 40.2 Å². The maximum atomic E-state index is 12.3. The van der Waals surface area contributed by atoms with Gasteiger partial charge in [-0.2, -0.15) is 0 Å². The van der Waals surface area contributed by atoms with Crippen molar-refractivity contribution in [3.8, 4) is 40.2 Å². The number of ether oxygens (including phenoxy) is 7. The van der Waals surface area contributed by atoms with Crippen LogP contribution in [0.25, 0.3) is 0 Å². The molecular weight excluding hydrogens is 684 g/mol. The zero-order chi connectivity index (χ0) is 37.0. The topological polar surface area (TPSA) is 102 Å². The molecule has 1 fully saturated rings. The Kier molecular flexibility index (Phi) is 12.0. The van der Waals surface area contributed by atoms with Crippen LogP contribution >= 0.6 is 0 Å². The van der Waals surface area contributed by atoms with E-state index < -0.39 is 42.7 Å². The molecule has 2 aliphatic rings. The summed E-state index contributed by atoms with van der Waals surface area (Å²) in [7, 11) is 0. The van der Waals surface area contributed by atoms with E-state index in [1.54, 1.807) is 48.5 Å². The van der Waals surface area contributed by atoms with E-state index in [1.807, 2.05) is 127 Å². The van der Waals surface area contributed by atoms with Crippen molar-refractivity contribution in [3.63, 3.8) is 0 Å². The second-order valence-corrected chi connectivity index (χ2v) is 12.5. The summed E-state index contributed by atoms with van der Waals surface area (Å²) in [5.41, 5.74) is 0. The van der Waals surface area contributed by atoms with Gasteiger partial charge in [-0.05, 0) is 84.9 Å². The van der Waals surface area contributed by atoms with E-state index in [2.05, 4.69) is 0 Å². The molecule has 5 aromatic rings. The summed E-state index contributed by atoms with van der Waals surface area (Å²) in [6, 6.07) is 42.2. The van der Waals surface area contributed by atoms with Crippen LogP contribution in [-0.4, -0.2) is 60.7 Å². The fourth-order valence-corrected chi connectivity index (χ4v) is 5.89. The first-order chi connectivity index (χ1) is 26.6. The minimum absolute atomic E-state index is 0.0796. The third-order valence-electron chi connectivity index (χ3n) is 8.70. The Morgan fingerprint density at radius 3 is 1.48 bits per heavy atom. The quantitative estimate of drug-likeness (QED) is 0.0958. The van der Waals surface area contributed by atoms with Crippen LogP contribution in [0.3, 0.4) is 0 Å². The van der Waals surface area contributed by atoms with E-state index in [9.17, 15) is 9.90 Å². The molecule has 0 heterocycles. The van der Waals surface area contributed by atoms with E-state index in [0.717, 1.165) is 6.29 Å². The Balaban J connectivity index is 0.975. The minimum Gasteiger partial charge on any atom is -0.490 e. The Labute approximate surface area is 314 Å². The molecule has 0 radical (unpaired) electrons. The molecule has 1 saturated carbocycles. The molecule has 0 amide bonds. The number of carbonyl (C=O) groups is 1. The SMILES string of the molecule is O=CC(OC1C=CC=CC=C1)C(COc1ccccc1)Oc1ccc(Oc2ccc(OC3C(O)C(Oc4ccccc4)C3Oc3ccccc3)cc2)cc1. The third-order valence-corrected chi connectivity index (χ3v) is 8.70. The fourth-order valence-electron chi connectivity index (χ4n) is 5.89. The van der Waals surface area contributed by atoms with Crippen LogP contribution < -0.4 is 28.4 Å². The van der Waals surface area contributed by atoms with Crippen molar-refractivity contribution in [1.29, 1.82) is 0 Å². The summed E-state index contributed by atoms with van der Waals surface area (Å²) in [6.45, 7) is 0.0796. The van der Waals surface area contributed by atoms with Gasteiger partial charge in [0.15, 0.2) is 36.8 Å². The molecule has 9 heteroatoms. The molecule has 6 unspecified atom stereocenters. The third kappa shape index (κ3) is 9.57. The van der Waals surface area contributed by atoms with Gasteiger partial charge >= 0.3 is 0 Å². The highest BCUT2D eigenvalue weighted by Crippen LogP contribution is 2.35. The van der Waals surface area contributed by atoms with Gasteiger partial charge in [-0.25, -0.2) is 0 Å². The number of rotatable bonds is 17. The molecule has 0 bridgehead atoms. The zero-order valence-electron chi connectivity index (χ0n) is 29.3. The van der Waals surface area contributed by atoms with Crippen molar-refractivity contribution < 1.29 is 43.1 Å². The van der Waals surface area contributed by atoms with Gasteiger partial charge < -0.3 is 43.1 Å². The normalized spacial score (nSPS) is 20.1. The summed E-state index contributed by atoms with van der Waals surface area (Å²) in [5, 5.41) is 11.1. The second-order valence-electron chi connectivity index (χ2n) is 12.5. The molecule has 274 valence electrons. The summed E-state index contributed by atoms with van der Waals surface area (Å²) in [5.74, 6) is 4.14. The van der Waals surface area contributed by atoms with Crippen molar-refractivity contribution in [1.82, 2.24) is 0 Å². The summed E-state index contributed by atoms with van der Waals surface area (Å²) >= 11 is 0. The molecule has 5 aromatic carbocycles. The van der Waals surface area contributed by atoms with Gasteiger partial charge in [0.2, 0.25) is 0 Å². The highest BCUT2D eigenvalue weighted by Gasteiger charge is 2.56. The molecule has 6 atom stereocenters. The predicted octanol–water partition coefficient (Wildman–Crippen LogP) is 7.96. The largest absolute Gasteiger partial charge is 0.490 e. The zero-order valence-corrected chi connectivity index (χ0v) is 29.3. The lowest BCUT2D eigenvalue weighted by molar-refractivity contribution is -0.194. The molecule has 54 heavy (non-hydrogen) atoms. The van der Waals surface area contributed by atoms with Gasteiger partial charge in [0.25, 0.3) is 0 Å². The van der Waals surface area contributed by atoms with Gasteiger partial charge in [-0.15, -0.1) is 0 Å². The van der Waals surface area contributed by atoms with E-state index >= 15 is 0 Å². The van der Waals surface area contributed by atoms with Crippen LogP contribution in [0, 0.1) is 0 Å². The van der Waals surface area contributed by atoms with Gasteiger partial charge in [-0.1, -0.05) is 91.1 Å². The average Bonchev–Trinajstić information content (AvgIpc) is 3.50. The monoisotopic (exact) mass is 724 g/mol. The van der Waals surface area contributed by atoms with E-state index in [-0.39, 0.29) is 6.61 Å². The number of para-hydroxylation sites is 3. The van der Waals surface area contributed by atoms with Crippen LogP contribution in [0.1, 0.15) is 0 Å². The molecular formula is C45H40O9. The first-order valence-electron chi connectivity index (χ1n) is 17.7. The number of hydrogen-bond acceptors (Lipinski definition) is 9. The van der Waals surface area contributed by atoms with E-state index in [0.29, 0.717) is 40.2 Å². The van der Waals surface area contributed by atoms with Gasteiger partial charge in [0.1, 0.15) is 53.0 Å². The Hall–Kier alpha value is -6.29. The Morgan fingerprint density at radius 1 is 0.519 bits per heavy atom. The molecule has 9 nitrogen and oxygen atoms in total. The van der Waals surface area contributed by atoms with Crippen molar-refractivity contribution in [2.24, 2.45) is 0 Å². The van der Waals surface area contributed by atoms with Crippen LogP contribution in [0.2, 0.25) is 0 Å². The lowest BCUT2D eigenvalue weighted by Gasteiger charge is -2.47. The molecule has 0 aromatic heterocycles. The van der Waals surface area contributed by atoms with Gasteiger partial charge in [0.05, 0.1) is 6.10 Å². The number of hydrogen-bond donors (Lipinski definition) is 1. The minimum atomic E-state index is -0.920. The molecule has 0 aliphatic heterocycles. The van der Waals surface area contributed by atoms with Crippen LogP contribution in [0.15, 0.2) is 176 Å². The van der Waals surface area contributed by atoms with E-state index in [1.165, 1.54) is 0 Å². The lowest BCUT2D eigenvalue weighted by Crippen LogP contribution is -2.70. The predicted molar refractivity (Wildman–Crippen MR) is 204 cm³/mol. The number of benzene rings is 5. The molecule has 2 aliphatic carbocycles.